The summed E-state index contributed by atoms with van der Waals surface area (Å²) in [4.78, 5) is 13.1. The van der Waals surface area contributed by atoms with Crippen LogP contribution < -0.4 is 10.6 Å². The van der Waals surface area contributed by atoms with Crippen molar-refractivity contribution in [3.63, 3.8) is 0 Å². The normalized spacial score (nSPS) is 18.6. The molecule has 0 unspecified atom stereocenters. The highest BCUT2D eigenvalue weighted by molar-refractivity contribution is 7.89. The molecule has 1 saturated heterocycles. The van der Waals surface area contributed by atoms with E-state index in [0.717, 1.165) is 22.0 Å². The summed E-state index contributed by atoms with van der Waals surface area (Å²) in [7, 11) is -3.63. The molecule has 0 aliphatic carbocycles. The summed E-state index contributed by atoms with van der Waals surface area (Å²) >= 11 is 0. The van der Waals surface area contributed by atoms with E-state index in [1.807, 2.05) is 55.5 Å². The molecule has 5 rings (SSSR count). The standard InChI is InChI=1S/C23H23N3O3S/c1-16-6-4-10-19-21(16)22(27)25-23(24-19)12-14-26(15-13-23)30(28,29)20-11-5-8-17-7-2-3-9-18(17)20/h2-11,24H,12-15H2,1H3,(H,25,27). The lowest BCUT2D eigenvalue weighted by molar-refractivity contribution is 0.0864. The topological polar surface area (TPSA) is 78.5 Å². The molecular formula is C23H23N3O3S. The molecule has 1 amide bonds. The van der Waals surface area contributed by atoms with E-state index < -0.39 is 15.7 Å². The lowest BCUT2D eigenvalue weighted by Crippen LogP contribution is -2.62. The Hall–Kier alpha value is -2.90. The summed E-state index contributed by atoms with van der Waals surface area (Å²) in [6.07, 6.45) is 0.992. The van der Waals surface area contributed by atoms with Gasteiger partial charge in [0, 0.05) is 37.0 Å². The van der Waals surface area contributed by atoms with Crippen LogP contribution in [0.4, 0.5) is 5.69 Å². The Balaban J connectivity index is 1.41. The van der Waals surface area contributed by atoms with Crippen LogP contribution in [0.2, 0.25) is 0 Å². The van der Waals surface area contributed by atoms with Crippen molar-refractivity contribution in [2.24, 2.45) is 0 Å². The fraction of sp³-hybridized carbons (Fsp3) is 0.261. The summed E-state index contributed by atoms with van der Waals surface area (Å²) in [6.45, 7) is 2.58. The summed E-state index contributed by atoms with van der Waals surface area (Å²) in [5.41, 5.74) is 1.77. The predicted molar refractivity (Wildman–Crippen MR) is 117 cm³/mol. The van der Waals surface area contributed by atoms with Crippen molar-refractivity contribution in [2.45, 2.75) is 30.3 Å². The first-order valence-electron chi connectivity index (χ1n) is 10.1. The van der Waals surface area contributed by atoms with Gasteiger partial charge in [0.2, 0.25) is 10.0 Å². The molecule has 2 aliphatic rings. The highest BCUT2D eigenvalue weighted by Gasteiger charge is 2.43. The first-order valence-corrected chi connectivity index (χ1v) is 11.5. The number of rotatable bonds is 2. The molecule has 0 bridgehead atoms. The summed E-state index contributed by atoms with van der Waals surface area (Å²) in [5, 5.41) is 8.20. The van der Waals surface area contributed by atoms with E-state index in [1.54, 1.807) is 12.1 Å². The molecule has 3 aromatic carbocycles. The second-order valence-electron chi connectivity index (χ2n) is 8.04. The quantitative estimate of drug-likeness (QED) is 0.664. The average molecular weight is 422 g/mol. The summed E-state index contributed by atoms with van der Waals surface area (Å²) in [6, 6.07) is 18.6. The molecule has 7 heteroatoms. The molecule has 0 aromatic heterocycles. The van der Waals surface area contributed by atoms with Gasteiger partial charge in [0.1, 0.15) is 5.66 Å². The highest BCUT2D eigenvalue weighted by atomic mass is 32.2. The molecule has 2 aliphatic heterocycles. The van der Waals surface area contributed by atoms with Gasteiger partial charge < -0.3 is 10.6 Å². The maximum Gasteiger partial charge on any atom is 0.255 e. The van der Waals surface area contributed by atoms with Crippen molar-refractivity contribution in [1.82, 2.24) is 9.62 Å². The van der Waals surface area contributed by atoms with E-state index in [0.29, 0.717) is 36.4 Å². The van der Waals surface area contributed by atoms with Crippen LogP contribution in [0.15, 0.2) is 65.6 Å². The fourth-order valence-corrected chi connectivity index (χ4v) is 6.22. The van der Waals surface area contributed by atoms with E-state index in [9.17, 15) is 13.2 Å². The zero-order valence-electron chi connectivity index (χ0n) is 16.7. The van der Waals surface area contributed by atoms with Crippen molar-refractivity contribution >= 4 is 32.4 Å². The zero-order valence-corrected chi connectivity index (χ0v) is 17.5. The van der Waals surface area contributed by atoms with Crippen LogP contribution >= 0.6 is 0 Å². The molecule has 0 radical (unpaired) electrons. The molecule has 1 fully saturated rings. The minimum Gasteiger partial charge on any atom is -0.362 e. The Kier molecular flexibility index (Phi) is 4.34. The van der Waals surface area contributed by atoms with Crippen LogP contribution in [-0.4, -0.2) is 37.4 Å². The van der Waals surface area contributed by atoms with Crippen LogP contribution in [0, 0.1) is 6.92 Å². The molecular weight excluding hydrogens is 398 g/mol. The van der Waals surface area contributed by atoms with Gasteiger partial charge in [0.15, 0.2) is 0 Å². The maximum atomic E-state index is 13.4. The summed E-state index contributed by atoms with van der Waals surface area (Å²) < 4.78 is 28.3. The number of aryl methyl sites for hydroxylation is 1. The van der Waals surface area contributed by atoms with Crippen LogP contribution in [0.3, 0.4) is 0 Å². The lowest BCUT2D eigenvalue weighted by Gasteiger charge is -2.45. The molecule has 0 atom stereocenters. The number of anilines is 1. The third kappa shape index (κ3) is 2.97. The Morgan fingerprint density at radius 3 is 2.40 bits per heavy atom. The van der Waals surface area contributed by atoms with Crippen LogP contribution in [-0.2, 0) is 10.0 Å². The number of benzene rings is 3. The van der Waals surface area contributed by atoms with Gasteiger partial charge >= 0.3 is 0 Å². The lowest BCUT2D eigenvalue weighted by atomic mass is 9.92. The number of nitrogens with zero attached hydrogens (tertiary/aromatic N) is 1. The highest BCUT2D eigenvalue weighted by Crippen LogP contribution is 2.35. The van der Waals surface area contributed by atoms with Gasteiger partial charge in [-0.05, 0) is 30.0 Å². The Labute approximate surface area is 175 Å². The second-order valence-corrected chi connectivity index (χ2v) is 9.95. The van der Waals surface area contributed by atoms with Crippen molar-refractivity contribution in [2.75, 3.05) is 18.4 Å². The first-order chi connectivity index (χ1) is 14.4. The van der Waals surface area contributed by atoms with Crippen LogP contribution in [0.25, 0.3) is 10.8 Å². The summed E-state index contributed by atoms with van der Waals surface area (Å²) in [5.74, 6) is -0.104. The number of piperidine rings is 1. The Morgan fingerprint density at radius 1 is 0.900 bits per heavy atom. The van der Waals surface area contributed by atoms with Crippen LogP contribution in [0.5, 0.6) is 0 Å². The van der Waals surface area contributed by atoms with Crippen molar-refractivity contribution < 1.29 is 13.2 Å². The monoisotopic (exact) mass is 421 g/mol. The van der Waals surface area contributed by atoms with E-state index in [-0.39, 0.29) is 5.91 Å². The third-order valence-electron chi connectivity index (χ3n) is 6.17. The van der Waals surface area contributed by atoms with Gasteiger partial charge in [-0.2, -0.15) is 4.31 Å². The molecule has 154 valence electrons. The number of sulfonamides is 1. The smallest absolute Gasteiger partial charge is 0.255 e. The van der Waals surface area contributed by atoms with Crippen molar-refractivity contribution in [3.05, 3.63) is 71.8 Å². The van der Waals surface area contributed by atoms with Crippen molar-refractivity contribution in [3.8, 4) is 0 Å². The Bertz CT molecular complexity index is 1260. The average Bonchev–Trinajstić information content (AvgIpc) is 2.73. The first kappa shape index (κ1) is 19.1. The number of fused-ring (bicyclic) bond motifs is 2. The van der Waals surface area contributed by atoms with Gasteiger partial charge in [-0.1, -0.05) is 48.5 Å². The molecule has 6 nitrogen and oxygen atoms in total. The van der Waals surface area contributed by atoms with E-state index in [4.69, 9.17) is 0 Å². The number of hydrogen-bond acceptors (Lipinski definition) is 4. The molecule has 1 spiro atoms. The molecule has 30 heavy (non-hydrogen) atoms. The largest absolute Gasteiger partial charge is 0.362 e. The van der Waals surface area contributed by atoms with Gasteiger partial charge in [0.05, 0.1) is 10.5 Å². The number of carbonyl (C=O) groups is 1. The number of hydrogen-bond donors (Lipinski definition) is 2. The third-order valence-corrected chi connectivity index (χ3v) is 8.13. The van der Waals surface area contributed by atoms with Gasteiger partial charge in [0.25, 0.3) is 5.91 Å². The molecule has 0 saturated carbocycles. The van der Waals surface area contributed by atoms with Gasteiger partial charge in [-0.3, -0.25) is 4.79 Å². The van der Waals surface area contributed by atoms with Gasteiger partial charge in [-0.25, -0.2) is 8.42 Å². The Morgan fingerprint density at radius 2 is 1.60 bits per heavy atom. The molecule has 2 N–H and O–H groups in total. The van der Waals surface area contributed by atoms with Crippen molar-refractivity contribution in [1.29, 1.82) is 0 Å². The minimum atomic E-state index is -3.63. The number of nitrogens with one attached hydrogen (secondary N) is 2. The number of carbonyl (C=O) groups excluding carboxylic acids is 1. The SMILES string of the molecule is Cc1cccc2c1C(=O)NC1(CCN(S(=O)(=O)c3cccc4ccccc34)CC1)N2. The minimum absolute atomic E-state index is 0.104. The maximum absolute atomic E-state index is 13.4. The van der Waals surface area contributed by atoms with Crippen LogP contribution in [0.1, 0.15) is 28.8 Å². The number of amides is 1. The predicted octanol–water partition coefficient (Wildman–Crippen LogP) is 3.48. The van der Waals surface area contributed by atoms with E-state index in [2.05, 4.69) is 10.6 Å². The van der Waals surface area contributed by atoms with Gasteiger partial charge in [-0.15, -0.1) is 0 Å². The fourth-order valence-electron chi connectivity index (χ4n) is 4.56. The van der Waals surface area contributed by atoms with E-state index in [1.165, 1.54) is 4.31 Å². The molecule has 3 aromatic rings. The molecule has 2 heterocycles. The van der Waals surface area contributed by atoms with E-state index >= 15 is 0 Å². The second kappa shape index (κ2) is 6.82. The zero-order chi connectivity index (χ0) is 20.9.